The monoisotopic (exact) mass is 413 g/mol. The van der Waals surface area contributed by atoms with Crippen LogP contribution in [0.25, 0.3) is 26.3 Å². The van der Waals surface area contributed by atoms with Crippen molar-refractivity contribution in [3.8, 4) is 16.1 Å². The number of fused-ring (bicyclic) bond motifs is 1. The predicted molar refractivity (Wildman–Crippen MR) is 113 cm³/mol. The maximum absolute atomic E-state index is 13.5. The molecule has 1 aromatic carbocycles. The molecule has 0 fully saturated rings. The molecule has 1 amide bonds. The van der Waals surface area contributed by atoms with Gasteiger partial charge < -0.3 is 5.73 Å². The molecule has 0 unspecified atom stereocenters. The zero-order valence-electron chi connectivity index (χ0n) is 14.3. The summed E-state index contributed by atoms with van der Waals surface area (Å²) in [6.07, 6.45) is 0. The molecule has 2 N–H and O–H groups in total. The number of nitrogens with zero attached hydrogens (tertiary/aromatic N) is 2. The van der Waals surface area contributed by atoms with Crippen molar-refractivity contribution in [3.63, 3.8) is 0 Å². The molecule has 3 aromatic heterocycles. The number of nitrogens with two attached hydrogens (primary N) is 1. The first-order chi connectivity index (χ1) is 13.1. The standard InChI is InChI=1S/C19H15N3O2S3/c1-11(16(20)23)27-19-21-17-15(13(10-26-17)14-8-5-9-25-14)18(24)22(19)12-6-3-2-4-7-12/h2-11H,1H3,(H2,20,23)/t11-/m1/s1. The van der Waals surface area contributed by atoms with Crippen LogP contribution in [0.3, 0.4) is 0 Å². The topological polar surface area (TPSA) is 78.0 Å². The molecular weight excluding hydrogens is 398 g/mol. The van der Waals surface area contributed by atoms with Crippen LogP contribution < -0.4 is 11.3 Å². The van der Waals surface area contributed by atoms with Gasteiger partial charge in [0.15, 0.2) is 5.16 Å². The minimum atomic E-state index is -0.499. The summed E-state index contributed by atoms with van der Waals surface area (Å²) in [5.74, 6) is -0.445. The third-order valence-corrected chi connectivity index (χ3v) is 6.91. The third kappa shape index (κ3) is 3.31. The summed E-state index contributed by atoms with van der Waals surface area (Å²) in [6.45, 7) is 1.71. The number of hydrogen-bond acceptors (Lipinski definition) is 6. The number of para-hydroxylation sites is 1. The van der Waals surface area contributed by atoms with Crippen LogP contribution in [0.15, 0.2) is 63.2 Å². The average Bonchev–Trinajstić information content (AvgIpc) is 3.31. The van der Waals surface area contributed by atoms with Crippen LogP contribution >= 0.6 is 34.4 Å². The summed E-state index contributed by atoms with van der Waals surface area (Å²) in [5, 5.41) is 4.51. The summed E-state index contributed by atoms with van der Waals surface area (Å²) >= 11 is 4.22. The molecule has 0 spiro atoms. The SMILES string of the molecule is C[C@@H](Sc1nc2scc(-c3cccs3)c2c(=O)n1-c1ccccc1)C(N)=O. The molecular formula is C19H15N3O2S3. The molecule has 4 rings (SSSR count). The average molecular weight is 414 g/mol. The fourth-order valence-corrected chi connectivity index (χ4v) is 5.37. The van der Waals surface area contributed by atoms with Crippen LogP contribution in [-0.4, -0.2) is 20.7 Å². The number of carbonyl (C=O) groups is 1. The molecule has 0 bridgehead atoms. The van der Waals surface area contributed by atoms with Gasteiger partial charge in [-0.05, 0) is 30.5 Å². The number of rotatable bonds is 5. The molecule has 27 heavy (non-hydrogen) atoms. The summed E-state index contributed by atoms with van der Waals surface area (Å²) in [6, 6.07) is 13.3. The highest BCUT2D eigenvalue weighted by Gasteiger charge is 2.21. The molecule has 0 saturated carbocycles. The van der Waals surface area contributed by atoms with Gasteiger partial charge in [0.25, 0.3) is 5.56 Å². The summed E-state index contributed by atoms with van der Waals surface area (Å²) in [5.41, 5.74) is 6.88. The normalized spacial score (nSPS) is 12.3. The molecule has 0 aliphatic heterocycles. The van der Waals surface area contributed by atoms with Crippen molar-refractivity contribution >= 4 is 50.6 Å². The Morgan fingerprint density at radius 3 is 2.63 bits per heavy atom. The number of thioether (sulfide) groups is 1. The smallest absolute Gasteiger partial charge is 0.268 e. The van der Waals surface area contributed by atoms with Crippen LogP contribution in [0, 0.1) is 0 Å². The quantitative estimate of drug-likeness (QED) is 0.394. The Morgan fingerprint density at radius 2 is 1.96 bits per heavy atom. The van der Waals surface area contributed by atoms with Crippen LogP contribution in [-0.2, 0) is 4.79 Å². The van der Waals surface area contributed by atoms with Gasteiger partial charge in [-0.15, -0.1) is 22.7 Å². The van der Waals surface area contributed by atoms with Gasteiger partial charge in [0.05, 0.1) is 16.3 Å². The fraction of sp³-hybridized carbons (Fsp3) is 0.105. The molecule has 136 valence electrons. The Bertz CT molecular complexity index is 1160. The predicted octanol–water partition coefficient (Wildman–Crippen LogP) is 4.14. The summed E-state index contributed by atoms with van der Waals surface area (Å²) in [4.78, 5) is 31.4. The van der Waals surface area contributed by atoms with E-state index in [0.717, 1.165) is 10.4 Å². The van der Waals surface area contributed by atoms with Crippen LogP contribution in [0.1, 0.15) is 6.92 Å². The summed E-state index contributed by atoms with van der Waals surface area (Å²) < 4.78 is 1.57. The zero-order chi connectivity index (χ0) is 19.0. The highest BCUT2D eigenvalue weighted by atomic mass is 32.2. The molecule has 4 aromatic rings. The molecule has 0 radical (unpaired) electrons. The number of hydrogen-bond donors (Lipinski definition) is 1. The van der Waals surface area contributed by atoms with Gasteiger partial charge in [0, 0.05) is 15.8 Å². The minimum Gasteiger partial charge on any atom is -0.369 e. The van der Waals surface area contributed by atoms with Gasteiger partial charge >= 0.3 is 0 Å². The Kier molecular flexibility index (Phi) is 4.86. The van der Waals surface area contributed by atoms with Crippen molar-refractivity contribution < 1.29 is 4.79 Å². The second-order valence-electron chi connectivity index (χ2n) is 5.84. The zero-order valence-corrected chi connectivity index (χ0v) is 16.7. The summed E-state index contributed by atoms with van der Waals surface area (Å²) in [7, 11) is 0. The van der Waals surface area contributed by atoms with Crippen LogP contribution in [0.4, 0.5) is 0 Å². The lowest BCUT2D eigenvalue weighted by Crippen LogP contribution is -2.26. The number of benzene rings is 1. The van der Waals surface area contributed by atoms with E-state index in [1.54, 1.807) is 22.8 Å². The number of carbonyl (C=O) groups excluding carboxylic acids is 1. The molecule has 3 heterocycles. The Morgan fingerprint density at radius 1 is 1.19 bits per heavy atom. The highest BCUT2D eigenvalue weighted by molar-refractivity contribution is 8.00. The third-order valence-electron chi connectivity index (χ3n) is 4.06. The molecule has 8 heteroatoms. The van der Waals surface area contributed by atoms with E-state index in [9.17, 15) is 9.59 Å². The number of amides is 1. The van der Waals surface area contributed by atoms with Crippen molar-refractivity contribution in [2.45, 2.75) is 17.3 Å². The van der Waals surface area contributed by atoms with Crippen molar-refractivity contribution in [1.29, 1.82) is 0 Å². The van der Waals surface area contributed by atoms with E-state index < -0.39 is 11.2 Å². The van der Waals surface area contributed by atoms with Gasteiger partial charge in [0.1, 0.15) is 4.83 Å². The molecule has 1 atom stereocenters. The first-order valence-electron chi connectivity index (χ1n) is 8.16. The van der Waals surface area contributed by atoms with E-state index >= 15 is 0 Å². The number of thiophene rings is 2. The number of aromatic nitrogens is 2. The molecule has 5 nitrogen and oxygen atoms in total. The van der Waals surface area contributed by atoms with Gasteiger partial charge in [-0.1, -0.05) is 36.0 Å². The van der Waals surface area contributed by atoms with E-state index in [1.807, 2.05) is 53.2 Å². The number of primary amides is 1. The minimum absolute atomic E-state index is 0.143. The van der Waals surface area contributed by atoms with Crippen molar-refractivity contribution in [2.24, 2.45) is 5.73 Å². The van der Waals surface area contributed by atoms with E-state index in [0.29, 0.717) is 21.1 Å². The van der Waals surface area contributed by atoms with E-state index in [4.69, 9.17) is 10.7 Å². The van der Waals surface area contributed by atoms with Crippen LogP contribution in [0.2, 0.25) is 0 Å². The lowest BCUT2D eigenvalue weighted by Gasteiger charge is -2.14. The highest BCUT2D eigenvalue weighted by Crippen LogP contribution is 2.35. The van der Waals surface area contributed by atoms with Gasteiger partial charge in [-0.2, -0.15) is 0 Å². The maximum atomic E-state index is 13.5. The van der Waals surface area contributed by atoms with Gasteiger partial charge in [-0.25, -0.2) is 4.98 Å². The lowest BCUT2D eigenvalue weighted by molar-refractivity contribution is -0.117. The first kappa shape index (κ1) is 18.0. The largest absolute Gasteiger partial charge is 0.369 e. The Balaban J connectivity index is 2.00. The maximum Gasteiger partial charge on any atom is 0.268 e. The Hall–Kier alpha value is -2.42. The second kappa shape index (κ2) is 7.30. The molecule has 0 aliphatic carbocycles. The van der Waals surface area contributed by atoms with Crippen molar-refractivity contribution in [1.82, 2.24) is 9.55 Å². The lowest BCUT2D eigenvalue weighted by atomic mass is 10.2. The van der Waals surface area contributed by atoms with Crippen LogP contribution in [0.5, 0.6) is 0 Å². The Labute approximate surface area is 167 Å². The van der Waals surface area contributed by atoms with E-state index in [2.05, 4.69) is 0 Å². The first-order valence-corrected chi connectivity index (χ1v) is 10.8. The fourth-order valence-electron chi connectivity index (χ4n) is 2.69. The molecule has 0 aliphatic rings. The van der Waals surface area contributed by atoms with E-state index in [1.165, 1.54) is 23.1 Å². The molecule has 0 saturated heterocycles. The van der Waals surface area contributed by atoms with Crippen molar-refractivity contribution in [3.05, 3.63) is 63.6 Å². The second-order valence-corrected chi connectivity index (χ2v) is 8.95. The van der Waals surface area contributed by atoms with Crippen molar-refractivity contribution in [2.75, 3.05) is 0 Å². The van der Waals surface area contributed by atoms with Gasteiger partial charge in [0.2, 0.25) is 5.91 Å². The van der Waals surface area contributed by atoms with Gasteiger partial charge in [-0.3, -0.25) is 14.2 Å². The van der Waals surface area contributed by atoms with E-state index in [-0.39, 0.29) is 5.56 Å².